The molecule has 0 radical (unpaired) electrons. The van der Waals surface area contributed by atoms with Crippen LogP contribution in [-0.4, -0.2) is 31.6 Å². The maximum absolute atomic E-state index is 12.7. The number of amides is 2. The molecule has 0 saturated heterocycles. The Labute approximate surface area is 123 Å². The predicted molar refractivity (Wildman–Crippen MR) is 68.5 cm³/mol. The molecule has 124 valence electrons. The third-order valence-electron chi connectivity index (χ3n) is 3.05. The van der Waals surface area contributed by atoms with Crippen LogP contribution in [0.15, 0.2) is 18.2 Å². The minimum atomic E-state index is -4.95. The van der Waals surface area contributed by atoms with E-state index < -0.39 is 35.2 Å². The fourth-order valence-corrected chi connectivity index (χ4v) is 1.63. The SMILES string of the molecule is CCN(C)C(=O)N(C)c1cc(C(F)(F)F)cc(C(F)(F)F)c1. The first-order valence-corrected chi connectivity index (χ1v) is 6.16. The van der Waals surface area contributed by atoms with E-state index in [1.165, 1.54) is 7.05 Å². The molecule has 0 heterocycles. The normalized spacial score (nSPS) is 12.2. The summed E-state index contributed by atoms with van der Waals surface area (Å²) in [6.45, 7) is 1.88. The average molecular weight is 328 g/mol. The number of alkyl halides is 6. The van der Waals surface area contributed by atoms with E-state index in [2.05, 4.69) is 0 Å². The van der Waals surface area contributed by atoms with E-state index in [1.54, 1.807) is 6.92 Å². The first-order chi connectivity index (χ1) is 9.87. The lowest BCUT2D eigenvalue weighted by Crippen LogP contribution is -2.38. The van der Waals surface area contributed by atoms with Crippen LogP contribution < -0.4 is 4.90 Å². The molecule has 22 heavy (non-hydrogen) atoms. The van der Waals surface area contributed by atoms with Crippen LogP contribution in [0.3, 0.4) is 0 Å². The molecular formula is C13H14F6N2O. The zero-order chi connectivity index (χ0) is 17.3. The summed E-state index contributed by atoms with van der Waals surface area (Å²) in [6, 6.07) is 0.327. The van der Waals surface area contributed by atoms with Crippen molar-refractivity contribution >= 4 is 11.7 Å². The first-order valence-electron chi connectivity index (χ1n) is 6.16. The average Bonchev–Trinajstić information content (AvgIpc) is 2.42. The number of hydrogen-bond donors (Lipinski definition) is 0. The molecule has 0 atom stereocenters. The number of benzene rings is 1. The number of urea groups is 1. The molecule has 1 aromatic carbocycles. The first kappa shape index (κ1) is 18.1. The van der Waals surface area contributed by atoms with Gasteiger partial charge in [0.15, 0.2) is 0 Å². The van der Waals surface area contributed by atoms with Crippen molar-refractivity contribution in [1.29, 1.82) is 0 Å². The van der Waals surface area contributed by atoms with Crippen molar-refractivity contribution in [2.45, 2.75) is 19.3 Å². The molecule has 9 heteroatoms. The van der Waals surface area contributed by atoms with E-state index >= 15 is 0 Å². The van der Waals surface area contributed by atoms with Crippen molar-refractivity contribution in [2.24, 2.45) is 0 Å². The van der Waals surface area contributed by atoms with Crippen LogP contribution in [0.25, 0.3) is 0 Å². The van der Waals surface area contributed by atoms with Gasteiger partial charge in [-0.15, -0.1) is 0 Å². The molecule has 1 aromatic rings. The van der Waals surface area contributed by atoms with Gasteiger partial charge < -0.3 is 4.90 Å². The van der Waals surface area contributed by atoms with E-state index in [0.717, 1.165) is 16.8 Å². The topological polar surface area (TPSA) is 23.6 Å². The van der Waals surface area contributed by atoms with Gasteiger partial charge in [-0.2, -0.15) is 26.3 Å². The van der Waals surface area contributed by atoms with Crippen molar-refractivity contribution in [3.8, 4) is 0 Å². The van der Waals surface area contributed by atoms with Crippen molar-refractivity contribution in [3.05, 3.63) is 29.3 Å². The van der Waals surface area contributed by atoms with E-state index in [-0.39, 0.29) is 12.6 Å². The molecular weight excluding hydrogens is 314 g/mol. The Hall–Kier alpha value is -1.93. The van der Waals surface area contributed by atoms with E-state index in [0.29, 0.717) is 12.1 Å². The van der Waals surface area contributed by atoms with Gasteiger partial charge in [0.2, 0.25) is 0 Å². The highest BCUT2D eigenvalue weighted by atomic mass is 19.4. The molecule has 2 amide bonds. The monoisotopic (exact) mass is 328 g/mol. The van der Waals surface area contributed by atoms with Gasteiger partial charge in [0.25, 0.3) is 0 Å². The van der Waals surface area contributed by atoms with Crippen LogP contribution in [0.4, 0.5) is 36.8 Å². The van der Waals surface area contributed by atoms with Crippen molar-refractivity contribution in [1.82, 2.24) is 4.90 Å². The molecule has 0 aromatic heterocycles. The fourth-order valence-electron chi connectivity index (χ4n) is 1.63. The Morgan fingerprint density at radius 3 is 1.68 bits per heavy atom. The van der Waals surface area contributed by atoms with Crippen LogP contribution >= 0.6 is 0 Å². The van der Waals surface area contributed by atoms with E-state index in [9.17, 15) is 31.1 Å². The second kappa shape index (κ2) is 6.05. The minimum Gasteiger partial charge on any atom is -0.328 e. The summed E-state index contributed by atoms with van der Waals surface area (Å²) in [5, 5.41) is 0. The summed E-state index contributed by atoms with van der Waals surface area (Å²) in [5.74, 6) is 0. The largest absolute Gasteiger partial charge is 0.416 e. The number of anilines is 1. The second-order valence-corrected chi connectivity index (χ2v) is 4.62. The molecule has 0 saturated carbocycles. The van der Waals surface area contributed by atoms with Gasteiger partial charge in [0.1, 0.15) is 0 Å². The van der Waals surface area contributed by atoms with Gasteiger partial charge in [-0.25, -0.2) is 4.79 Å². The lowest BCUT2D eigenvalue weighted by Gasteiger charge is -2.25. The van der Waals surface area contributed by atoms with Crippen LogP contribution in [0.1, 0.15) is 18.1 Å². The smallest absolute Gasteiger partial charge is 0.328 e. The Morgan fingerprint density at radius 1 is 0.955 bits per heavy atom. The Balaban J connectivity index is 3.39. The van der Waals surface area contributed by atoms with E-state index in [1.807, 2.05) is 0 Å². The summed E-state index contributed by atoms with van der Waals surface area (Å²) < 4.78 is 76.5. The minimum absolute atomic E-state index is 0.0192. The highest BCUT2D eigenvalue weighted by Crippen LogP contribution is 2.38. The quantitative estimate of drug-likeness (QED) is 0.745. The number of carbonyl (C=O) groups excluding carboxylic acids is 1. The molecule has 3 nitrogen and oxygen atoms in total. The van der Waals surface area contributed by atoms with Crippen molar-refractivity contribution in [2.75, 3.05) is 25.5 Å². The van der Waals surface area contributed by atoms with Crippen molar-refractivity contribution in [3.63, 3.8) is 0 Å². The summed E-state index contributed by atoms with van der Waals surface area (Å²) in [7, 11) is 2.50. The third-order valence-corrected chi connectivity index (χ3v) is 3.05. The van der Waals surface area contributed by atoms with Gasteiger partial charge in [-0.3, -0.25) is 4.90 Å². The van der Waals surface area contributed by atoms with Crippen LogP contribution in [-0.2, 0) is 12.4 Å². The number of hydrogen-bond acceptors (Lipinski definition) is 1. The number of nitrogens with zero attached hydrogens (tertiary/aromatic N) is 2. The second-order valence-electron chi connectivity index (χ2n) is 4.62. The number of carbonyl (C=O) groups is 1. The third kappa shape index (κ3) is 4.05. The van der Waals surface area contributed by atoms with Gasteiger partial charge in [-0.05, 0) is 25.1 Å². The highest BCUT2D eigenvalue weighted by molar-refractivity contribution is 5.91. The summed E-state index contributed by atoms with van der Waals surface area (Å²) in [5.41, 5.74) is -3.40. The molecule has 0 aliphatic carbocycles. The van der Waals surface area contributed by atoms with Crippen molar-refractivity contribution < 1.29 is 31.1 Å². The maximum Gasteiger partial charge on any atom is 0.416 e. The lowest BCUT2D eigenvalue weighted by atomic mass is 10.1. The van der Waals surface area contributed by atoms with Crippen LogP contribution in [0.5, 0.6) is 0 Å². The molecule has 0 unspecified atom stereocenters. The van der Waals surface area contributed by atoms with Crippen LogP contribution in [0.2, 0.25) is 0 Å². The van der Waals surface area contributed by atoms with E-state index in [4.69, 9.17) is 0 Å². The summed E-state index contributed by atoms with van der Waals surface area (Å²) in [4.78, 5) is 13.8. The van der Waals surface area contributed by atoms with Gasteiger partial charge in [0, 0.05) is 26.3 Å². The zero-order valence-corrected chi connectivity index (χ0v) is 12.0. The lowest BCUT2D eigenvalue weighted by molar-refractivity contribution is -0.143. The number of rotatable bonds is 2. The summed E-state index contributed by atoms with van der Waals surface area (Å²) in [6.07, 6.45) is -9.90. The molecule has 0 bridgehead atoms. The molecule has 0 aliphatic heterocycles. The standard InChI is InChI=1S/C13H14F6N2O/c1-4-20(2)11(22)21(3)10-6-8(12(14,15)16)5-9(7-10)13(17,18)19/h5-7H,4H2,1-3H3. The Morgan fingerprint density at radius 2 is 1.36 bits per heavy atom. The Bertz CT molecular complexity index is 520. The molecule has 0 spiro atoms. The molecule has 0 fully saturated rings. The molecule has 0 N–H and O–H groups in total. The van der Waals surface area contributed by atoms with Gasteiger partial charge in [-0.1, -0.05) is 0 Å². The summed E-state index contributed by atoms with van der Waals surface area (Å²) >= 11 is 0. The van der Waals surface area contributed by atoms with Gasteiger partial charge in [0.05, 0.1) is 11.1 Å². The Kier molecular flexibility index (Phi) is 4.99. The number of halogens is 6. The zero-order valence-electron chi connectivity index (χ0n) is 12.0. The van der Waals surface area contributed by atoms with Gasteiger partial charge >= 0.3 is 18.4 Å². The highest BCUT2D eigenvalue weighted by Gasteiger charge is 2.37. The fraction of sp³-hybridized carbons (Fsp3) is 0.462. The maximum atomic E-state index is 12.7. The molecule has 0 aliphatic rings. The predicted octanol–water partition coefficient (Wildman–Crippen LogP) is 4.23. The molecule has 1 rings (SSSR count). The van der Waals surface area contributed by atoms with Crippen LogP contribution in [0, 0.1) is 0 Å².